The van der Waals surface area contributed by atoms with E-state index in [-0.39, 0.29) is 23.4 Å². The van der Waals surface area contributed by atoms with Gasteiger partial charge in [-0.15, -0.1) is 11.3 Å². The third kappa shape index (κ3) is 2.50. The molecule has 2 heterocycles. The molecular weight excluding hydrogens is 372 g/mol. The van der Waals surface area contributed by atoms with Crippen molar-refractivity contribution in [3.63, 3.8) is 0 Å². The van der Waals surface area contributed by atoms with E-state index < -0.39 is 11.8 Å². The van der Waals surface area contributed by atoms with E-state index in [0.29, 0.717) is 0 Å². The molecule has 1 aliphatic rings. The molecule has 1 aliphatic heterocycles. The van der Waals surface area contributed by atoms with Gasteiger partial charge in [0.1, 0.15) is 10.8 Å². The first-order chi connectivity index (χ1) is 13.6. The zero-order chi connectivity index (χ0) is 19.3. The number of thiazole rings is 1. The van der Waals surface area contributed by atoms with Gasteiger partial charge in [-0.3, -0.25) is 14.5 Å². The van der Waals surface area contributed by atoms with E-state index in [4.69, 9.17) is 4.98 Å². The second-order valence-corrected chi connectivity index (χ2v) is 7.57. The third-order valence-electron chi connectivity index (χ3n) is 4.85. The second-order valence-electron chi connectivity index (χ2n) is 6.54. The number of hydrogen-bond donors (Lipinski definition) is 1. The Balaban J connectivity index is 1.55. The van der Waals surface area contributed by atoms with Gasteiger partial charge < -0.3 is 5.11 Å². The molecule has 0 unspecified atom stereocenters. The molecule has 5 nitrogen and oxygen atoms in total. The molecular formula is C22H14N2O3S. The summed E-state index contributed by atoms with van der Waals surface area (Å²) in [6.45, 7) is 0.123. The Morgan fingerprint density at radius 1 is 0.857 bits per heavy atom. The third-order valence-corrected chi connectivity index (χ3v) is 5.92. The molecule has 0 spiro atoms. The predicted octanol–water partition coefficient (Wildman–Crippen LogP) is 4.47. The van der Waals surface area contributed by atoms with Gasteiger partial charge in [0.15, 0.2) is 0 Å². The molecule has 1 aromatic heterocycles. The van der Waals surface area contributed by atoms with Gasteiger partial charge in [-0.2, -0.15) is 0 Å². The van der Waals surface area contributed by atoms with Gasteiger partial charge in [0.05, 0.1) is 27.9 Å². The number of carbonyl (C=O) groups is 2. The lowest BCUT2D eigenvalue weighted by atomic mass is 10.1. The van der Waals surface area contributed by atoms with Gasteiger partial charge in [-0.05, 0) is 29.8 Å². The van der Waals surface area contributed by atoms with E-state index in [9.17, 15) is 14.7 Å². The Morgan fingerprint density at radius 2 is 1.61 bits per heavy atom. The smallest absolute Gasteiger partial charge is 0.265 e. The molecule has 3 aromatic carbocycles. The normalized spacial score (nSPS) is 13.4. The average molecular weight is 386 g/mol. The molecule has 4 aromatic rings. The Morgan fingerprint density at radius 3 is 2.43 bits per heavy atom. The summed E-state index contributed by atoms with van der Waals surface area (Å²) in [6.07, 6.45) is 0. The highest BCUT2D eigenvalue weighted by atomic mass is 32.1. The number of phenolic OH excluding ortho intramolecular Hbond substituents is 1. The SMILES string of the molecule is O=C1c2cccc(O)c2C(=O)N1Cc1ccccc1-c1nc2ccccc2s1. The molecule has 0 radical (unpaired) electrons. The van der Waals surface area contributed by atoms with Gasteiger partial charge in [0.25, 0.3) is 11.8 Å². The fourth-order valence-electron chi connectivity index (χ4n) is 3.48. The molecule has 28 heavy (non-hydrogen) atoms. The molecule has 0 fully saturated rings. The van der Waals surface area contributed by atoms with E-state index in [1.165, 1.54) is 11.0 Å². The van der Waals surface area contributed by atoms with Crippen molar-refractivity contribution in [2.24, 2.45) is 0 Å². The number of benzene rings is 3. The van der Waals surface area contributed by atoms with Crippen molar-refractivity contribution in [2.45, 2.75) is 6.54 Å². The first-order valence-electron chi connectivity index (χ1n) is 8.75. The summed E-state index contributed by atoms with van der Waals surface area (Å²) in [5, 5.41) is 10.9. The standard InChI is InChI=1S/C22H14N2O3S/c25-17-10-5-8-15-19(17)22(27)24(21(15)26)12-13-6-1-2-7-14(13)20-23-16-9-3-4-11-18(16)28-20/h1-11,25H,12H2. The van der Waals surface area contributed by atoms with Crippen LogP contribution in [0.3, 0.4) is 0 Å². The number of imide groups is 1. The topological polar surface area (TPSA) is 70.5 Å². The number of nitrogens with zero attached hydrogens (tertiary/aromatic N) is 2. The first-order valence-corrected chi connectivity index (χ1v) is 9.57. The van der Waals surface area contributed by atoms with Gasteiger partial charge >= 0.3 is 0 Å². The quantitative estimate of drug-likeness (QED) is 0.528. The monoisotopic (exact) mass is 386 g/mol. The number of carbonyl (C=O) groups excluding carboxylic acids is 2. The van der Waals surface area contributed by atoms with Crippen LogP contribution in [0.1, 0.15) is 26.3 Å². The molecule has 1 N–H and O–H groups in total. The molecule has 0 bridgehead atoms. The van der Waals surface area contributed by atoms with Crippen LogP contribution in [0.15, 0.2) is 66.7 Å². The lowest BCUT2D eigenvalue weighted by Crippen LogP contribution is -2.29. The molecule has 0 saturated heterocycles. The molecule has 5 rings (SSSR count). The Kier molecular flexibility index (Phi) is 3.74. The Hall–Kier alpha value is -3.51. The van der Waals surface area contributed by atoms with E-state index in [2.05, 4.69) is 0 Å². The number of fused-ring (bicyclic) bond motifs is 2. The van der Waals surface area contributed by atoms with E-state index in [1.807, 2.05) is 48.5 Å². The molecule has 0 aliphatic carbocycles. The average Bonchev–Trinajstić information content (AvgIpc) is 3.24. The van der Waals surface area contributed by atoms with E-state index in [0.717, 1.165) is 26.4 Å². The molecule has 136 valence electrons. The number of aromatic hydroxyl groups is 1. The minimum Gasteiger partial charge on any atom is -0.507 e. The summed E-state index contributed by atoms with van der Waals surface area (Å²) < 4.78 is 1.08. The lowest BCUT2D eigenvalue weighted by Gasteiger charge is -2.16. The van der Waals surface area contributed by atoms with Crippen LogP contribution in [0.25, 0.3) is 20.8 Å². The molecule has 2 amide bonds. The van der Waals surface area contributed by atoms with Crippen LogP contribution >= 0.6 is 11.3 Å². The fraction of sp³-hybridized carbons (Fsp3) is 0.0455. The van der Waals surface area contributed by atoms with Crippen LogP contribution in [0.4, 0.5) is 0 Å². The predicted molar refractivity (Wildman–Crippen MR) is 107 cm³/mol. The van der Waals surface area contributed by atoms with Crippen LogP contribution < -0.4 is 0 Å². The van der Waals surface area contributed by atoms with Gasteiger partial charge in [-0.25, -0.2) is 4.98 Å². The zero-order valence-corrected chi connectivity index (χ0v) is 15.4. The van der Waals surface area contributed by atoms with Gasteiger partial charge in [0.2, 0.25) is 0 Å². The number of para-hydroxylation sites is 1. The van der Waals surface area contributed by atoms with Crippen molar-refractivity contribution in [3.05, 3.63) is 83.4 Å². The molecule has 0 atom stereocenters. The van der Waals surface area contributed by atoms with Crippen LogP contribution in [0.5, 0.6) is 5.75 Å². The first kappa shape index (κ1) is 16.6. The zero-order valence-electron chi connectivity index (χ0n) is 14.6. The number of rotatable bonds is 3. The highest BCUT2D eigenvalue weighted by molar-refractivity contribution is 7.21. The van der Waals surface area contributed by atoms with Crippen LogP contribution in [0.2, 0.25) is 0 Å². The summed E-state index contributed by atoms with van der Waals surface area (Å²) in [5.41, 5.74) is 2.95. The number of amides is 2. The van der Waals surface area contributed by atoms with Crippen LogP contribution in [-0.2, 0) is 6.54 Å². The summed E-state index contributed by atoms with van der Waals surface area (Å²) in [6, 6.07) is 20.1. The maximum Gasteiger partial charge on any atom is 0.265 e. The Bertz CT molecular complexity index is 1230. The highest BCUT2D eigenvalue weighted by Gasteiger charge is 2.37. The minimum atomic E-state index is -0.475. The summed E-state index contributed by atoms with van der Waals surface area (Å²) in [5.74, 6) is -1.04. The molecule has 6 heteroatoms. The maximum absolute atomic E-state index is 12.8. The van der Waals surface area contributed by atoms with Gasteiger partial charge in [-0.1, -0.05) is 42.5 Å². The number of phenols is 1. The summed E-state index contributed by atoms with van der Waals surface area (Å²) in [4.78, 5) is 31.4. The highest BCUT2D eigenvalue weighted by Crippen LogP contribution is 2.35. The van der Waals surface area contributed by atoms with Gasteiger partial charge in [0, 0.05) is 5.56 Å². The fourth-order valence-corrected chi connectivity index (χ4v) is 4.51. The minimum absolute atomic E-state index is 0.0740. The van der Waals surface area contributed by atoms with E-state index in [1.54, 1.807) is 23.5 Å². The number of hydrogen-bond acceptors (Lipinski definition) is 5. The maximum atomic E-state index is 12.8. The van der Waals surface area contributed by atoms with Crippen LogP contribution in [-0.4, -0.2) is 26.8 Å². The van der Waals surface area contributed by atoms with Crippen LogP contribution in [0, 0.1) is 0 Å². The van der Waals surface area contributed by atoms with Crippen molar-refractivity contribution >= 4 is 33.4 Å². The Labute approximate surface area is 164 Å². The van der Waals surface area contributed by atoms with Crippen molar-refractivity contribution in [3.8, 4) is 16.3 Å². The van der Waals surface area contributed by atoms with Crippen molar-refractivity contribution in [2.75, 3.05) is 0 Å². The molecule has 0 saturated carbocycles. The van der Waals surface area contributed by atoms with Crippen molar-refractivity contribution < 1.29 is 14.7 Å². The second kappa shape index (κ2) is 6.28. The summed E-state index contributed by atoms with van der Waals surface area (Å²) >= 11 is 1.57. The summed E-state index contributed by atoms with van der Waals surface area (Å²) in [7, 11) is 0. The van der Waals surface area contributed by atoms with Crippen molar-refractivity contribution in [1.29, 1.82) is 0 Å². The lowest BCUT2D eigenvalue weighted by molar-refractivity contribution is 0.0642. The largest absolute Gasteiger partial charge is 0.507 e. The number of aromatic nitrogens is 1. The van der Waals surface area contributed by atoms with E-state index >= 15 is 0 Å². The van der Waals surface area contributed by atoms with Crippen molar-refractivity contribution in [1.82, 2.24) is 9.88 Å².